The van der Waals surface area contributed by atoms with Crippen LogP contribution in [0.1, 0.15) is 11.1 Å². The van der Waals surface area contributed by atoms with E-state index in [1.165, 1.54) is 6.08 Å². The van der Waals surface area contributed by atoms with Crippen molar-refractivity contribution < 1.29 is 4.79 Å². The molecule has 6 nitrogen and oxygen atoms in total. The Labute approximate surface area is 156 Å². The molecule has 0 spiro atoms. The normalized spacial score (nSPS) is 10.4. The van der Waals surface area contributed by atoms with Gasteiger partial charge in [0.05, 0.1) is 0 Å². The summed E-state index contributed by atoms with van der Waals surface area (Å²) >= 11 is 6.24. The largest absolute Gasteiger partial charge is 0.350 e. The third-order valence-corrected chi connectivity index (χ3v) is 4.20. The highest BCUT2D eigenvalue weighted by Crippen LogP contribution is 2.22. The molecule has 3 N–H and O–H groups in total. The second-order valence-electron chi connectivity index (χ2n) is 5.67. The number of halogens is 1. The van der Waals surface area contributed by atoms with E-state index < -0.39 is 0 Å². The number of anilines is 2. The van der Waals surface area contributed by atoms with E-state index in [4.69, 9.17) is 11.6 Å². The monoisotopic (exact) mass is 367 g/mol. The Kier molecular flexibility index (Phi) is 5.34. The Morgan fingerprint density at radius 2 is 2.12 bits per heavy atom. The van der Waals surface area contributed by atoms with E-state index >= 15 is 0 Å². The van der Waals surface area contributed by atoms with Gasteiger partial charge in [-0.3, -0.25) is 4.79 Å². The second-order valence-corrected chi connectivity index (χ2v) is 6.08. The van der Waals surface area contributed by atoms with Crippen LogP contribution in [-0.4, -0.2) is 21.1 Å². The zero-order valence-corrected chi connectivity index (χ0v) is 15.0. The number of nitrogens with one attached hydrogen (secondary N) is 3. The molecule has 7 heteroatoms. The van der Waals surface area contributed by atoms with Gasteiger partial charge in [-0.05, 0) is 42.3 Å². The molecule has 0 unspecified atom stereocenters. The fourth-order valence-corrected chi connectivity index (χ4v) is 2.75. The van der Waals surface area contributed by atoms with E-state index in [1.807, 2.05) is 37.3 Å². The van der Waals surface area contributed by atoms with Gasteiger partial charge in [0.15, 0.2) is 5.82 Å². The number of aryl methyl sites for hydroxylation is 1. The third-order valence-electron chi connectivity index (χ3n) is 3.84. The van der Waals surface area contributed by atoms with E-state index in [0.717, 1.165) is 16.7 Å². The van der Waals surface area contributed by atoms with E-state index in [2.05, 4.69) is 32.4 Å². The molecule has 3 rings (SSSR count). The number of hydrogen-bond donors (Lipinski definition) is 3. The molecule has 0 aliphatic heterocycles. The average molecular weight is 368 g/mol. The number of carbonyl (C=O) groups excluding carboxylic acids is 1. The Bertz CT molecular complexity index is 930. The summed E-state index contributed by atoms with van der Waals surface area (Å²) in [4.78, 5) is 15.9. The summed E-state index contributed by atoms with van der Waals surface area (Å²) in [5.74, 6) is 0.799. The maximum atomic E-state index is 11.4. The number of hydrogen-bond acceptors (Lipinski definition) is 4. The summed E-state index contributed by atoms with van der Waals surface area (Å²) in [6.07, 6.45) is 1.22. The van der Waals surface area contributed by atoms with Crippen LogP contribution < -0.4 is 10.6 Å². The Morgan fingerprint density at radius 1 is 1.31 bits per heavy atom. The fraction of sp³-hybridized carbons (Fsp3) is 0.105. The lowest BCUT2D eigenvalue weighted by Crippen LogP contribution is -2.07. The van der Waals surface area contributed by atoms with Crippen LogP contribution in [-0.2, 0) is 11.3 Å². The molecule has 1 aromatic heterocycles. The second kappa shape index (κ2) is 7.84. The van der Waals surface area contributed by atoms with Crippen molar-refractivity contribution in [3.63, 3.8) is 0 Å². The lowest BCUT2D eigenvalue weighted by atomic mass is 10.1. The third kappa shape index (κ3) is 4.10. The fourth-order valence-electron chi connectivity index (χ4n) is 2.46. The van der Waals surface area contributed by atoms with Gasteiger partial charge in [-0.2, -0.15) is 10.1 Å². The van der Waals surface area contributed by atoms with Gasteiger partial charge in [0.1, 0.15) is 0 Å². The molecular formula is C19H18ClN5O. The Morgan fingerprint density at radius 3 is 2.88 bits per heavy atom. The molecule has 0 fully saturated rings. The molecule has 0 saturated carbocycles. The van der Waals surface area contributed by atoms with E-state index in [-0.39, 0.29) is 5.91 Å². The number of rotatable bonds is 6. The molecule has 132 valence electrons. The molecule has 26 heavy (non-hydrogen) atoms. The van der Waals surface area contributed by atoms with Gasteiger partial charge in [-0.25, -0.2) is 5.10 Å². The van der Waals surface area contributed by atoms with Crippen molar-refractivity contribution in [2.75, 3.05) is 10.6 Å². The van der Waals surface area contributed by atoms with Gasteiger partial charge in [-0.15, -0.1) is 0 Å². The van der Waals surface area contributed by atoms with E-state index in [0.29, 0.717) is 29.0 Å². The van der Waals surface area contributed by atoms with Gasteiger partial charge in [-0.1, -0.05) is 42.4 Å². The molecule has 1 amide bonds. The lowest BCUT2D eigenvalue weighted by Gasteiger charge is -2.08. The smallest absolute Gasteiger partial charge is 0.247 e. The van der Waals surface area contributed by atoms with E-state index in [9.17, 15) is 4.79 Å². The quantitative estimate of drug-likeness (QED) is 0.571. The molecular weight excluding hydrogens is 350 g/mol. The minimum Gasteiger partial charge on any atom is -0.350 e. The zero-order valence-electron chi connectivity index (χ0n) is 14.2. The highest BCUT2D eigenvalue weighted by Gasteiger charge is 2.09. The average Bonchev–Trinajstić information content (AvgIpc) is 3.10. The maximum absolute atomic E-state index is 11.4. The van der Waals surface area contributed by atoms with Crippen molar-refractivity contribution in [3.8, 4) is 11.4 Å². The number of carbonyl (C=O) groups is 1. The highest BCUT2D eigenvalue weighted by molar-refractivity contribution is 6.31. The first-order valence-corrected chi connectivity index (χ1v) is 8.38. The first-order valence-electron chi connectivity index (χ1n) is 8.01. The number of H-pyrrole nitrogens is 1. The van der Waals surface area contributed by atoms with Crippen LogP contribution >= 0.6 is 11.6 Å². The first kappa shape index (κ1) is 17.7. The molecule has 0 bridgehead atoms. The zero-order chi connectivity index (χ0) is 18.5. The molecule has 0 aliphatic rings. The first-order chi connectivity index (χ1) is 12.6. The standard InChI is InChI=1S/C19H18ClN5O/c1-3-17(26)22-14-8-5-7-13(10-14)18-23-19(25-24-18)21-11-15-12(2)6-4-9-16(15)20/h3-10H,1,11H2,2H3,(H,22,26)(H2,21,23,24,25). The van der Waals surface area contributed by atoms with Crippen molar-refractivity contribution >= 4 is 29.1 Å². The van der Waals surface area contributed by atoms with Gasteiger partial charge in [0.2, 0.25) is 11.9 Å². The minimum absolute atomic E-state index is 0.269. The molecule has 2 aromatic carbocycles. The molecule has 0 atom stereocenters. The van der Waals surface area contributed by atoms with Crippen LogP contribution in [0.4, 0.5) is 11.6 Å². The topological polar surface area (TPSA) is 82.7 Å². The van der Waals surface area contributed by atoms with Crippen LogP contribution in [0.3, 0.4) is 0 Å². The summed E-state index contributed by atoms with van der Waals surface area (Å²) in [6, 6.07) is 13.1. The highest BCUT2D eigenvalue weighted by atomic mass is 35.5. The SMILES string of the molecule is C=CC(=O)Nc1cccc(-c2n[nH]c(NCc3c(C)cccc3Cl)n2)c1. The minimum atomic E-state index is -0.269. The maximum Gasteiger partial charge on any atom is 0.247 e. The Hall–Kier alpha value is -3.12. The van der Waals surface area contributed by atoms with Gasteiger partial charge in [0.25, 0.3) is 0 Å². The number of nitrogens with zero attached hydrogens (tertiary/aromatic N) is 2. The van der Waals surface area contributed by atoms with Crippen LogP contribution in [0, 0.1) is 6.92 Å². The molecule has 0 saturated heterocycles. The van der Waals surface area contributed by atoms with Crippen molar-refractivity contribution in [2.45, 2.75) is 13.5 Å². The molecule has 3 aromatic rings. The number of aromatic amines is 1. The summed E-state index contributed by atoms with van der Waals surface area (Å²) < 4.78 is 0. The van der Waals surface area contributed by atoms with Crippen LogP contribution in [0.25, 0.3) is 11.4 Å². The predicted molar refractivity (Wildman–Crippen MR) is 104 cm³/mol. The molecule has 0 radical (unpaired) electrons. The van der Waals surface area contributed by atoms with Crippen LogP contribution in [0.2, 0.25) is 5.02 Å². The lowest BCUT2D eigenvalue weighted by molar-refractivity contribution is -0.111. The van der Waals surface area contributed by atoms with E-state index in [1.54, 1.807) is 12.1 Å². The van der Waals surface area contributed by atoms with Crippen molar-refractivity contribution in [1.29, 1.82) is 0 Å². The van der Waals surface area contributed by atoms with Gasteiger partial charge >= 0.3 is 0 Å². The summed E-state index contributed by atoms with van der Waals surface area (Å²) in [7, 11) is 0. The van der Waals surface area contributed by atoms with Crippen molar-refractivity contribution in [3.05, 3.63) is 71.3 Å². The summed E-state index contributed by atoms with van der Waals surface area (Å²) in [5.41, 5.74) is 3.56. The summed E-state index contributed by atoms with van der Waals surface area (Å²) in [6.45, 7) is 5.99. The molecule has 0 aliphatic carbocycles. The number of aromatic nitrogens is 3. The van der Waals surface area contributed by atoms with Crippen molar-refractivity contribution in [2.24, 2.45) is 0 Å². The Balaban J connectivity index is 1.73. The van der Waals surface area contributed by atoms with Gasteiger partial charge < -0.3 is 10.6 Å². The predicted octanol–water partition coefficient (Wildman–Crippen LogP) is 4.17. The van der Waals surface area contributed by atoms with Crippen molar-refractivity contribution in [1.82, 2.24) is 15.2 Å². The van der Waals surface area contributed by atoms with Gasteiger partial charge in [0, 0.05) is 22.8 Å². The van der Waals surface area contributed by atoms with Crippen LogP contribution in [0.5, 0.6) is 0 Å². The summed E-state index contributed by atoms with van der Waals surface area (Å²) in [5, 5.41) is 13.7. The number of amides is 1. The number of benzene rings is 2. The molecule has 1 heterocycles. The van der Waals surface area contributed by atoms with Crippen LogP contribution in [0.15, 0.2) is 55.1 Å².